The van der Waals surface area contributed by atoms with Gasteiger partial charge in [0.2, 0.25) is 0 Å². The average molecular weight is 298 g/mol. The highest BCUT2D eigenvalue weighted by molar-refractivity contribution is 9.10. The van der Waals surface area contributed by atoms with Crippen molar-refractivity contribution in [3.05, 3.63) is 28.2 Å². The van der Waals surface area contributed by atoms with Crippen LogP contribution in [0.25, 0.3) is 0 Å². The first kappa shape index (κ1) is 12.9. The predicted octanol–water partition coefficient (Wildman–Crippen LogP) is 3.67. The predicted molar refractivity (Wildman–Crippen MR) is 75.5 cm³/mol. The summed E-state index contributed by atoms with van der Waals surface area (Å²) >= 11 is 3.62. The molecule has 2 rings (SSSR count). The van der Waals surface area contributed by atoms with Crippen LogP contribution in [-0.4, -0.2) is 18.2 Å². The Bertz CT molecular complexity index is 392. The zero-order valence-corrected chi connectivity index (χ0v) is 12.1. The Morgan fingerprint density at radius 3 is 2.35 bits per heavy atom. The molecule has 1 aliphatic rings. The highest BCUT2D eigenvalue weighted by atomic mass is 79.9. The van der Waals surface area contributed by atoms with Crippen molar-refractivity contribution >= 4 is 21.6 Å². The van der Waals surface area contributed by atoms with E-state index in [-0.39, 0.29) is 0 Å². The molecule has 3 heteroatoms. The summed E-state index contributed by atoms with van der Waals surface area (Å²) in [5, 5.41) is 9.98. The summed E-state index contributed by atoms with van der Waals surface area (Å²) in [5.74, 6) is 0. The molecule has 0 unspecified atom stereocenters. The third-order valence-electron chi connectivity index (χ3n) is 3.35. The number of hydrogen-bond acceptors (Lipinski definition) is 2. The number of rotatable bonds is 2. The van der Waals surface area contributed by atoms with Gasteiger partial charge in [0, 0.05) is 17.6 Å². The molecule has 0 amide bonds. The zero-order valence-electron chi connectivity index (χ0n) is 10.5. The van der Waals surface area contributed by atoms with Gasteiger partial charge in [-0.3, -0.25) is 0 Å². The lowest BCUT2D eigenvalue weighted by atomic mass is 9.98. The topological polar surface area (TPSA) is 23.5 Å². The molecule has 1 heterocycles. The highest BCUT2D eigenvalue weighted by Gasteiger charge is 2.19. The summed E-state index contributed by atoms with van der Waals surface area (Å²) < 4.78 is 1.08. The molecular formula is C14H20BrNO. The molecular weight excluding hydrogens is 278 g/mol. The summed E-state index contributed by atoms with van der Waals surface area (Å²) in [6.45, 7) is 5.91. The van der Waals surface area contributed by atoms with Crippen LogP contribution in [0.1, 0.15) is 38.7 Å². The lowest BCUT2D eigenvalue weighted by molar-refractivity contribution is 0.0785. The van der Waals surface area contributed by atoms with Gasteiger partial charge in [0.1, 0.15) is 0 Å². The Balaban J connectivity index is 2.25. The second kappa shape index (κ2) is 4.99. The van der Waals surface area contributed by atoms with Crippen LogP contribution in [-0.2, 0) is 5.60 Å². The van der Waals surface area contributed by atoms with Gasteiger partial charge >= 0.3 is 0 Å². The summed E-state index contributed by atoms with van der Waals surface area (Å²) in [6.07, 6.45) is 3.90. The van der Waals surface area contributed by atoms with Crippen molar-refractivity contribution < 1.29 is 5.11 Å². The normalized spacial score (nSPS) is 17.3. The minimum atomic E-state index is -0.775. The van der Waals surface area contributed by atoms with Gasteiger partial charge in [0.25, 0.3) is 0 Å². The maximum atomic E-state index is 9.98. The maximum Gasteiger partial charge on any atom is 0.0840 e. The number of hydrogen-bond donors (Lipinski definition) is 1. The number of benzene rings is 1. The molecule has 0 radical (unpaired) electrons. The Labute approximate surface area is 112 Å². The molecule has 17 heavy (non-hydrogen) atoms. The fraction of sp³-hybridized carbons (Fsp3) is 0.571. The van der Waals surface area contributed by atoms with Crippen molar-refractivity contribution in [1.29, 1.82) is 0 Å². The maximum absolute atomic E-state index is 9.98. The van der Waals surface area contributed by atoms with Crippen LogP contribution >= 0.6 is 15.9 Å². The molecule has 2 nitrogen and oxygen atoms in total. The first-order chi connectivity index (χ1) is 7.98. The number of halogens is 1. The van der Waals surface area contributed by atoms with E-state index in [0.29, 0.717) is 0 Å². The molecule has 0 aromatic heterocycles. The van der Waals surface area contributed by atoms with Crippen LogP contribution in [0.3, 0.4) is 0 Å². The van der Waals surface area contributed by atoms with E-state index in [1.807, 2.05) is 26.0 Å². The third-order valence-corrected chi connectivity index (χ3v) is 3.99. The third kappa shape index (κ3) is 3.02. The molecule has 1 aromatic carbocycles. The molecule has 0 aliphatic carbocycles. The Kier molecular flexibility index (Phi) is 3.79. The molecule has 94 valence electrons. The van der Waals surface area contributed by atoms with Gasteiger partial charge in [0.05, 0.1) is 11.3 Å². The summed E-state index contributed by atoms with van der Waals surface area (Å²) in [5.41, 5.74) is 1.42. The quantitative estimate of drug-likeness (QED) is 0.900. The van der Waals surface area contributed by atoms with Crippen LogP contribution in [0.15, 0.2) is 22.7 Å². The van der Waals surface area contributed by atoms with Crippen molar-refractivity contribution in [2.45, 2.75) is 38.7 Å². The van der Waals surface area contributed by atoms with E-state index in [1.165, 1.54) is 24.9 Å². The van der Waals surface area contributed by atoms with Crippen LogP contribution in [0.4, 0.5) is 5.69 Å². The lowest BCUT2D eigenvalue weighted by Gasteiger charge is -2.30. The summed E-state index contributed by atoms with van der Waals surface area (Å²) in [7, 11) is 0. The standard InChI is InChI=1S/C14H20BrNO/c1-14(2,17)11-6-7-13(12(15)10-11)16-8-4-3-5-9-16/h6-7,10,17H,3-5,8-9H2,1-2H3. The fourth-order valence-electron chi connectivity index (χ4n) is 2.28. The van der Waals surface area contributed by atoms with Crippen LogP contribution in [0, 0.1) is 0 Å². The minimum Gasteiger partial charge on any atom is -0.386 e. The number of anilines is 1. The molecule has 0 spiro atoms. The Morgan fingerprint density at radius 1 is 1.18 bits per heavy atom. The molecule has 1 saturated heterocycles. The number of nitrogens with zero attached hydrogens (tertiary/aromatic N) is 1. The van der Waals surface area contributed by atoms with E-state index in [9.17, 15) is 5.11 Å². The lowest BCUT2D eigenvalue weighted by Crippen LogP contribution is -2.29. The highest BCUT2D eigenvalue weighted by Crippen LogP contribution is 2.32. The van der Waals surface area contributed by atoms with Gasteiger partial charge in [-0.15, -0.1) is 0 Å². The van der Waals surface area contributed by atoms with Gasteiger partial charge in [-0.1, -0.05) is 6.07 Å². The summed E-state index contributed by atoms with van der Waals surface area (Å²) in [4.78, 5) is 2.42. The summed E-state index contributed by atoms with van der Waals surface area (Å²) in [6, 6.07) is 6.17. The van der Waals surface area contributed by atoms with Crippen molar-refractivity contribution in [3.8, 4) is 0 Å². The molecule has 0 saturated carbocycles. The van der Waals surface area contributed by atoms with Gasteiger partial charge in [0.15, 0.2) is 0 Å². The van der Waals surface area contributed by atoms with E-state index >= 15 is 0 Å². The number of aliphatic hydroxyl groups is 1. The van der Waals surface area contributed by atoms with Crippen LogP contribution in [0.5, 0.6) is 0 Å². The molecule has 1 aromatic rings. The zero-order chi connectivity index (χ0) is 12.5. The second-order valence-corrected chi connectivity index (χ2v) is 6.13. The Morgan fingerprint density at radius 2 is 1.82 bits per heavy atom. The van der Waals surface area contributed by atoms with Crippen molar-refractivity contribution in [1.82, 2.24) is 0 Å². The van der Waals surface area contributed by atoms with Crippen LogP contribution in [0.2, 0.25) is 0 Å². The molecule has 0 atom stereocenters. The van der Waals surface area contributed by atoms with E-state index in [4.69, 9.17) is 0 Å². The largest absolute Gasteiger partial charge is 0.386 e. The monoisotopic (exact) mass is 297 g/mol. The molecule has 1 N–H and O–H groups in total. The van der Waals surface area contributed by atoms with E-state index in [2.05, 4.69) is 26.9 Å². The van der Waals surface area contributed by atoms with E-state index < -0.39 is 5.60 Å². The first-order valence-corrected chi connectivity index (χ1v) is 7.05. The van der Waals surface area contributed by atoms with Crippen molar-refractivity contribution in [3.63, 3.8) is 0 Å². The molecule has 1 aliphatic heterocycles. The second-order valence-electron chi connectivity index (χ2n) is 5.27. The van der Waals surface area contributed by atoms with Gasteiger partial charge < -0.3 is 10.0 Å². The van der Waals surface area contributed by atoms with E-state index in [0.717, 1.165) is 23.1 Å². The van der Waals surface area contributed by atoms with E-state index in [1.54, 1.807) is 0 Å². The number of piperidine rings is 1. The molecule has 0 bridgehead atoms. The average Bonchev–Trinajstić information content (AvgIpc) is 2.29. The fourth-order valence-corrected chi connectivity index (χ4v) is 2.91. The smallest absolute Gasteiger partial charge is 0.0840 e. The minimum absolute atomic E-state index is 0.775. The first-order valence-electron chi connectivity index (χ1n) is 6.26. The molecule has 1 fully saturated rings. The SMILES string of the molecule is CC(C)(O)c1ccc(N2CCCCC2)c(Br)c1. The van der Waals surface area contributed by atoms with Crippen LogP contribution < -0.4 is 4.90 Å². The Hall–Kier alpha value is -0.540. The van der Waals surface area contributed by atoms with Gasteiger partial charge in [-0.25, -0.2) is 0 Å². The van der Waals surface area contributed by atoms with Crippen molar-refractivity contribution in [2.75, 3.05) is 18.0 Å². The van der Waals surface area contributed by atoms with Crippen molar-refractivity contribution in [2.24, 2.45) is 0 Å². The van der Waals surface area contributed by atoms with Gasteiger partial charge in [-0.05, 0) is 66.7 Å². The van der Waals surface area contributed by atoms with Gasteiger partial charge in [-0.2, -0.15) is 0 Å².